The molecule has 258 valence electrons. The van der Waals surface area contributed by atoms with Crippen molar-refractivity contribution in [1.29, 1.82) is 0 Å². The number of nitrogens with one attached hydrogen (secondary N) is 2. The summed E-state index contributed by atoms with van der Waals surface area (Å²) in [6.07, 6.45) is 1.08. The van der Waals surface area contributed by atoms with Crippen molar-refractivity contribution in [3.63, 3.8) is 0 Å². The van der Waals surface area contributed by atoms with Crippen LogP contribution in [-0.4, -0.2) is 63.3 Å². The smallest absolute Gasteiger partial charge is 0.369 e. The molecule has 7 rings (SSSR count). The summed E-state index contributed by atoms with van der Waals surface area (Å²) in [7, 11) is 0. The summed E-state index contributed by atoms with van der Waals surface area (Å²) in [5.41, 5.74) is 1.11. The van der Waals surface area contributed by atoms with Crippen molar-refractivity contribution >= 4 is 40.9 Å². The van der Waals surface area contributed by atoms with Gasteiger partial charge in [-0.25, -0.2) is 0 Å². The summed E-state index contributed by atoms with van der Waals surface area (Å²) < 4.78 is 42.3. The average Bonchev–Trinajstić information content (AvgIpc) is 3.63. The molecule has 1 aliphatic carbocycles. The van der Waals surface area contributed by atoms with Gasteiger partial charge in [0.1, 0.15) is 11.6 Å². The van der Waals surface area contributed by atoms with E-state index in [2.05, 4.69) is 27.6 Å². The van der Waals surface area contributed by atoms with E-state index in [-0.39, 0.29) is 35.4 Å². The van der Waals surface area contributed by atoms with E-state index < -0.39 is 52.9 Å². The number of hydrogen-bond donors (Lipinski definition) is 2. The lowest BCUT2D eigenvalue weighted by Crippen LogP contribution is -2.54. The van der Waals surface area contributed by atoms with Gasteiger partial charge in [-0.05, 0) is 87.4 Å². The summed E-state index contributed by atoms with van der Waals surface area (Å²) in [6.45, 7) is 4.49. The molecule has 1 aromatic heterocycles. The van der Waals surface area contributed by atoms with Gasteiger partial charge in [0.2, 0.25) is 11.8 Å². The minimum absolute atomic E-state index is 0.00561. The van der Waals surface area contributed by atoms with Gasteiger partial charge in [0.15, 0.2) is 0 Å². The molecule has 4 aliphatic rings. The third-order valence-electron chi connectivity index (χ3n) is 9.89. The normalized spacial score (nSPS) is 19.3. The van der Waals surface area contributed by atoms with Crippen molar-refractivity contribution in [3.05, 3.63) is 76.1 Å². The second kappa shape index (κ2) is 12.2. The number of piperidine rings is 1. The van der Waals surface area contributed by atoms with Gasteiger partial charge in [0.05, 0.1) is 34.4 Å². The van der Waals surface area contributed by atoms with E-state index in [0.717, 1.165) is 23.1 Å². The molecule has 0 saturated carbocycles. The topological polar surface area (TPSA) is 134 Å². The van der Waals surface area contributed by atoms with E-state index in [1.54, 1.807) is 44.4 Å². The Morgan fingerprint density at radius 3 is 2.40 bits per heavy atom. The highest BCUT2D eigenvalue weighted by Crippen LogP contribution is 2.40. The van der Waals surface area contributed by atoms with Crippen LogP contribution >= 0.6 is 0 Å². The first-order chi connectivity index (χ1) is 23.7. The van der Waals surface area contributed by atoms with Crippen LogP contribution < -0.4 is 15.5 Å². The van der Waals surface area contributed by atoms with Crippen LogP contribution in [0.5, 0.6) is 0 Å². The monoisotopic (exact) mass is 686 g/mol. The Morgan fingerprint density at radius 2 is 1.68 bits per heavy atom. The molecule has 4 heterocycles. The number of benzene rings is 2. The van der Waals surface area contributed by atoms with Crippen LogP contribution in [0.25, 0.3) is 0 Å². The molecule has 5 amide bonds. The Labute approximate surface area is 285 Å². The molecule has 3 aliphatic heterocycles. The van der Waals surface area contributed by atoms with Gasteiger partial charge in [0.25, 0.3) is 17.7 Å². The number of imide groups is 2. The van der Waals surface area contributed by atoms with Crippen molar-refractivity contribution in [3.8, 4) is 11.8 Å². The Bertz CT molecular complexity index is 2030. The first-order valence-electron chi connectivity index (χ1n) is 16.4. The molecule has 2 N–H and O–H groups in total. The van der Waals surface area contributed by atoms with E-state index in [9.17, 15) is 37.1 Å². The Balaban J connectivity index is 0.983. The molecular weight excluding hydrogens is 653 g/mol. The Hall–Kier alpha value is -5.45. The first-order valence-corrected chi connectivity index (χ1v) is 16.4. The highest BCUT2D eigenvalue weighted by molar-refractivity contribution is 6.23. The summed E-state index contributed by atoms with van der Waals surface area (Å²) in [5.74, 6) is 3.68. The standard InChI is InChI=1S/C36H33F3N6O5/c1-35(2,34(50)41-28-12-11-27(36(37,38)39)23-5-3-4-6-24(23)28)44-19-20(16-40-44)7-8-21-17-43(18-21)22-9-10-25-26(15-22)33(49)45(32(25)48)29-13-14-30(46)42-31(29)47/h9-12,15-16,19,21,29H,3-6,13-14,17-18H2,1-2H3,(H,41,50)(H,42,46,47). The van der Waals surface area contributed by atoms with Crippen LogP contribution in [0.15, 0.2) is 42.7 Å². The fraction of sp³-hybridized carbons (Fsp3) is 0.389. The second-order valence-corrected chi connectivity index (χ2v) is 13.6. The number of hydrogen-bond acceptors (Lipinski definition) is 7. The van der Waals surface area contributed by atoms with Gasteiger partial charge in [-0.2, -0.15) is 18.3 Å². The van der Waals surface area contributed by atoms with Gasteiger partial charge in [-0.3, -0.25) is 38.9 Å². The number of carbonyl (C=O) groups excluding carboxylic acids is 5. The lowest BCUT2D eigenvalue weighted by Gasteiger charge is -2.38. The largest absolute Gasteiger partial charge is 0.416 e. The molecule has 0 radical (unpaired) electrons. The molecule has 0 bridgehead atoms. The highest BCUT2D eigenvalue weighted by Gasteiger charge is 2.45. The molecule has 14 heteroatoms. The van der Waals surface area contributed by atoms with Crippen LogP contribution in [0.1, 0.15) is 82.5 Å². The zero-order valence-corrected chi connectivity index (χ0v) is 27.3. The van der Waals surface area contributed by atoms with Gasteiger partial charge < -0.3 is 10.2 Å². The molecule has 11 nitrogen and oxygen atoms in total. The van der Waals surface area contributed by atoms with E-state index in [0.29, 0.717) is 49.2 Å². The average molecular weight is 687 g/mol. The Kier molecular flexibility index (Phi) is 8.04. The molecule has 2 saturated heterocycles. The van der Waals surface area contributed by atoms with Crippen molar-refractivity contribution < 1.29 is 37.1 Å². The van der Waals surface area contributed by atoms with E-state index in [1.807, 2.05) is 4.90 Å². The maximum Gasteiger partial charge on any atom is 0.416 e. The quantitative estimate of drug-likeness (QED) is 0.306. The number of carbonyl (C=O) groups is 5. The summed E-state index contributed by atoms with van der Waals surface area (Å²) in [6, 6.07) is 6.31. The van der Waals surface area contributed by atoms with Crippen LogP contribution in [-0.2, 0) is 38.9 Å². The summed E-state index contributed by atoms with van der Waals surface area (Å²) in [5, 5.41) is 9.39. The zero-order valence-electron chi connectivity index (χ0n) is 27.3. The van der Waals surface area contributed by atoms with Crippen molar-refractivity contribution in [2.75, 3.05) is 23.3 Å². The fourth-order valence-electron chi connectivity index (χ4n) is 6.94. The number of aromatic nitrogens is 2. The minimum Gasteiger partial charge on any atom is -0.369 e. The first kappa shape index (κ1) is 33.1. The van der Waals surface area contributed by atoms with E-state index >= 15 is 0 Å². The number of nitrogens with zero attached hydrogens (tertiary/aromatic N) is 4. The second-order valence-electron chi connectivity index (χ2n) is 13.6. The van der Waals surface area contributed by atoms with Crippen molar-refractivity contribution in [1.82, 2.24) is 20.0 Å². The summed E-state index contributed by atoms with van der Waals surface area (Å²) in [4.78, 5) is 66.4. The maximum absolute atomic E-state index is 13.6. The number of rotatable bonds is 5. The summed E-state index contributed by atoms with van der Waals surface area (Å²) >= 11 is 0. The van der Waals surface area contributed by atoms with Crippen LogP contribution in [0.4, 0.5) is 24.5 Å². The SMILES string of the molecule is CC(C)(C(=O)Nc1ccc(C(F)(F)F)c2c1CCCC2)n1cc(C#CC2CN(c3ccc4c(c3)C(=O)N(C3CCC(=O)NC3=O)C4=O)C2)cn1. The Morgan fingerprint density at radius 1 is 0.960 bits per heavy atom. The minimum atomic E-state index is -4.46. The third-order valence-corrected chi connectivity index (χ3v) is 9.89. The van der Waals surface area contributed by atoms with Crippen LogP contribution in [0.3, 0.4) is 0 Å². The predicted octanol–water partition coefficient (Wildman–Crippen LogP) is 4.04. The van der Waals surface area contributed by atoms with Crippen LogP contribution in [0, 0.1) is 17.8 Å². The van der Waals surface area contributed by atoms with Crippen LogP contribution in [0.2, 0.25) is 0 Å². The number of amides is 5. The zero-order chi connectivity index (χ0) is 35.5. The highest BCUT2D eigenvalue weighted by atomic mass is 19.4. The van der Waals surface area contributed by atoms with E-state index in [4.69, 9.17) is 0 Å². The predicted molar refractivity (Wildman–Crippen MR) is 174 cm³/mol. The van der Waals surface area contributed by atoms with Gasteiger partial charge in [-0.15, -0.1) is 0 Å². The maximum atomic E-state index is 13.6. The molecule has 3 aromatic rings. The molecule has 1 atom stereocenters. The fourth-order valence-corrected chi connectivity index (χ4v) is 6.94. The van der Waals surface area contributed by atoms with Gasteiger partial charge >= 0.3 is 6.18 Å². The van der Waals surface area contributed by atoms with E-state index in [1.165, 1.54) is 10.7 Å². The molecule has 50 heavy (non-hydrogen) atoms. The van der Waals surface area contributed by atoms with Crippen molar-refractivity contribution in [2.24, 2.45) is 5.92 Å². The number of anilines is 2. The third kappa shape index (κ3) is 5.80. The number of alkyl halides is 3. The molecular formula is C36H33F3N6O5. The molecule has 2 fully saturated rings. The van der Waals surface area contributed by atoms with Crippen molar-refractivity contribution in [2.45, 2.75) is 70.1 Å². The molecule has 1 unspecified atom stereocenters. The lowest BCUT2D eigenvalue weighted by molar-refractivity contribution is -0.138. The number of halogens is 3. The number of fused-ring (bicyclic) bond motifs is 2. The lowest BCUT2D eigenvalue weighted by atomic mass is 9.86. The van der Waals surface area contributed by atoms with Gasteiger partial charge in [-0.1, -0.05) is 11.8 Å². The molecule has 2 aromatic carbocycles. The molecule has 0 spiro atoms. The van der Waals surface area contributed by atoms with Gasteiger partial charge in [0, 0.05) is 37.1 Å².